The van der Waals surface area contributed by atoms with E-state index in [0.717, 1.165) is 5.69 Å². The van der Waals surface area contributed by atoms with Gasteiger partial charge in [0.2, 0.25) is 0 Å². The summed E-state index contributed by atoms with van der Waals surface area (Å²) in [7, 11) is 0. The van der Waals surface area contributed by atoms with Gasteiger partial charge in [-0.3, -0.25) is 4.79 Å². The maximum atomic E-state index is 12.9. The lowest BCUT2D eigenvalue weighted by Gasteiger charge is -2.22. The summed E-state index contributed by atoms with van der Waals surface area (Å²) in [6.07, 6.45) is 0. The molecule has 2 aromatic carbocycles. The topological polar surface area (TPSA) is 20.3 Å². The van der Waals surface area contributed by atoms with Gasteiger partial charge in [0.25, 0.3) is 0 Å². The third-order valence-electron chi connectivity index (χ3n) is 3.00. The molecule has 0 amide bonds. The van der Waals surface area contributed by atoms with E-state index in [1.165, 1.54) is 12.1 Å². The Morgan fingerprint density at radius 3 is 2.26 bits per heavy atom. The van der Waals surface area contributed by atoms with Crippen molar-refractivity contribution in [1.29, 1.82) is 0 Å². The van der Waals surface area contributed by atoms with E-state index in [1.54, 1.807) is 24.3 Å². The number of Topliss-reactive ketones (excluding diaryl/α,β-unsaturated/α-hetero) is 1. The van der Waals surface area contributed by atoms with Crippen molar-refractivity contribution in [3.8, 4) is 0 Å². The van der Waals surface area contributed by atoms with Crippen molar-refractivity contribution in [2.24, 2.45) is 0 Å². The van der Waals surface area contributed by atoms with Gasteiger partial charge in [-0.05, 0) is 31.2 Å². The standard InChI is InChI=1S/C16H16FNO/c1-2-18(15-10-8-14(17)9-11-15)12-16(19)13-6-4-3-5-7-13/h3-11H,2,12H2,1H3. The van der Waals surface area contributed by atoms with E-state index in [0.29, 0.717) is 18.7 Å². The predicted molar refractivity (Wildman–Crippen MR) is 75.1 cm³/mol. The van der Waals surface area contributed by atoms with Crippen LogP contribution in [0.15, 0.2) is 54.6 Å². The van der Waals surface area contributed by atoms with Gasteiger partial charge in [-0.15, -0.1) is 0 Å². The fourth-order valence-corrected chi connectivity index (χ4v) is 1.93. The van der Waals surface area contributed by atoms with Crippen LogP contribution in [0.1, 0.15) is 17.3 Å². The minimum atomic E-state index is -0.269. The molecule has 98 valence electrons. The van der Waals surface area contributed by atoms with Crippen LogP contribution in [0, 0.1) is 5.82 Å². The summed E-state index contributed by atoms with van der Waals surface area (Å²) in [5.74, 6) is -0.207. The number of halogens is 1. The zero-order valence-corrected chi connectivity index (χ0v) is 10.8. The molecule has 0 fully saturated rings. The number of benzene rings is 2. The van der Waals surface area contributed by atoms with E-state index >= 15 is 0 Å². The first-order chi connectivity index (χ1) is 9.20. The van der Waals surface area contributed by atoms with Gasteiger partial charge in [-0.1, -0.05) is 30.3 Å². The molecule has 0 atom stereocenters. The Labute approximate surface area is 112 Å². The van der Waals surface area contributed by atoms with Crippen molar-refractivity contribution in [2.75, 3.05) is 18.0 Å². The van der Waals surface area contributed by atoms with Gasteiger partial charge in [0.15, 0.2) is 5.78 Å². The molecule has 0 aromatic heterocycles. The summed E-state index contributed by atoms with van der Waals surface area (Å²) in [4.78, 5) is 14.1. The largest absolute Gasteiger partial charge is 0.364 e. The van der Waals surface area contributed by atoms with Gasteiger partial charge >= 0.3 is 0 Å². The number of anilines is 1. The van der Waals surface area contributed by atoms with E-state index in [4.69, 9.17) is 0 Å². The van der Waals surface area contributed by atoms with Gasteiger partial charge in [0, 0.05) is 17.8 Å². The number of likely N-dealkylation sites (N-methyl/N-ethyl adjacent to an activating group) is 1. The Morgan fingerprint density at radius 1 is 1.05 bits per heavy atom. The van der Waals surface area contributed by atoms with Crippen molar-refractivity contribution in [2.45, 2.75) is 6.92 Å². The first-order valence-electron chi connectivity index (χ1n) is 6.29. The highest BCUT2D eigenvalue weighted by molar-refractivity contribution is 5.99. The maximum absolute atomic E-state index is 12.9. The second kappa shape index (κ2) is 6.14. The molecular formula is C16H16FNO. The molecule has 2 aromatic rings. The van der Waals surface area contributed by atoms with Crippen molar-refractivity contribution in [1.82, 2.24) is 0 Å². The second-order valence-electron chi connectivity index (χ2n) is 4.28. The summed E-state index contributed by atoms with van der Waals surface area (Å²) in [5, 5.41) is 0. The molecule has 0 radical (unpaired) electrons. The minimum absolute atomic E-state index is 0.0618. The fourth-order valence-electron chi connectivity index (χ4n) is 1.93. The minimum Gasteiger partial charge on any atom is -0.364 e. The third kappa shape index (κ3) is 3.41. The Morgan fingerprint density at radius 2 is 1.68 bits per heavy atom. The van der Waals surface area contributed by atoms with E-state index in [-0.39, 0.29) is 11.6 Å². The molecule has 0 unspecified atom stereocenters. The van der Waals surface area contributed by atoms with E-state index in [9.17, 15) is 9.18 Å². The average molecular weight is 257 g/mol. The van der Waals surface area contributed by atoms with Gasteiger partial charge < -0.3 is 4.90 Å². The molecule has 0 aliphatic heterocycles. The Bertz CT molecular complexity index is 536. The fraction of sp³-hybridized carbons (Fsp3) is 0.188. The molecular weight excluding hydrogens is 241 g/mol. The summed E-state index contributed by atoms with van der Waals surface area (Å²) in [5.41, 5.74) is 1.55. The first-order valence-corrected chi connectivity index (χ1v) is 6.29. The highest BCUT2D eigenvalue weighted by Gasteiger charge is 2.11. The number of nitrogens with zero attached hydrogens (tertiary/aromatic N) is 1. The van der Waals surface area contributed by atoms with Crippen molar-refractivity contribution in [3.05, 3.63) is 66.0 Å². The van der Waals surface area contributed by atoms with Crippen molar-refractivity contribution >= 4 is 11.5 Å². The number of hydrogen-bond acceptors (Lipinski definition) is 2. The van der Waals surface area contributed by atoms with Crippen LogP contribution in [0.4, 0.5) is 10.1 Å². The summed E-state index contributed by atoms with van der Waals surface area (Å²) in [6.45, 7) is 2.97. The van der Waals surface area contributed by atoms with Crippen LogP contribution in [0.5, 0.6) is 0 Å². The normalized spacial score (nSPS) is 10.2. The Balaban J connectivity index is 2.11. The monoisotopic (exact) mass is 257 g/mol. The van der Waals surface area contributed by atoms with Crippen LogP contribution in [0.25, 0.3) is 0 Å². The molecule has 19 heavy (non-hydrogen) atoms. The first kappa shape index (κ1) is 13.3. The van der Waals surface area contributed by atoms with Gasteiger partial charge in [0.1, 0.15) is 5.82 Å². The van der Waals surface area contributed by atoms with Crippen molar-refractivity contribution < 1.29 is 9.18 Å². The third-order valence-corrected chi connectivity index (χ3v) is 3.00. The highest BCUT2D eigenvalue weighted by Crippen LogP contribution is 2.15. The second-order valence-corrected chi connectivity index (χ2v) is 4.28. The summed E-state index contributed by atoms with van der Waals surface area (Å²) >= 11 is 0. The lowest BCUT2D eigenvalue weighted by molar-refractivity contribution is 0.0999. The zero-order chi connectivity index (χ0) is 13.7. The highest BCUT2D eigenvalue weighted by atomic mass is 19.1. The van der Waals surface area contributed by atoms with Gasteiger partial charge in [0.05, 0.1) is 6.54 Å². The summed E-state index contributed by atoms with van der Waals surface area (Å²) < 4.78 is 12.9. The molecule has 0 spiro atoms. The van der Waals surface area contributed by atoms with Crippen LogP contribution in [0.2, 0.25) is 0 Å². The molecule has 3 heteroatoms. The number of carbonyl (C=O) groups excluding carboxylic acids is 1. The molecule has 0 saturated carbocycles. The number of rotatable bonds is 5. The smallest absolute Gasteiger partial charge is 0.182 e. The zero-order valence-electron chi connectivity index (χ0n) is 10.8. The van der Waals surface area contributed by atoms with Crippen LogP contribution in [-0.2, 0) is 0 Å². The van der Waals surface area contributed by atoms with E-state index < -0.39 is 0 Å². The lowest BCUT2D eigenvalue weighted by atomic mass is 10.1. The maximum Gasteiger partial charge on any atom is 0.182 e. The molecule has 2 rings (SSSR count). The molecule has 0 aliphatic rings. The molecule has 2 nitrogen and oxygen atoms in total. The summed E-state index contributed by atoms with van der Waals surface area (Å²) in [6, 6.07) is 15.4. The van der Waals surface area contributed by atoms with Crippen LogP contribution < -0.4 is 4.90 Å². The van der Waals surface area contributed by atoms with Gasteiger partial charge in [-0.25, -0.2) is 4.39 Å². The van der Waals surface area contributed by atoms with Crippen molar-refractivity contribution in [3.63, 3.8) is 0 Å². The molecule has 0 heterocycles. The van der Waals surface area contributed by atoms with E-state index in [2.05, 4.69) is 0 Å². The van der Waals surface area contributed by atoms with Crippen LogP contribution >= 0.6 is 0 Å². The molecule has 0 aliphatic carbocycles. The SMILES string of the molecule is CCN(CC(=O)c1ccccc1)c1ccc(F)cc1. The quantitative estimate of drug-likeness (QED) is 0.764. The number of hydrogen-bond donors (Lipinski definition) is 0. The molecule has 0 N–H and O–H groups in total. The average Bonchev–Trinajstić information content (AvgIpc) is 2.46. The van der Waals surface area contributed by atoms with Crippen LogP contribution in [0.3, 0.4) is 0 Å². The van der Waals surface area contributed by atoms with Crippen LogP contribution in [-0.4, -0.2) is 18.9 Å². The predicted octanol–water partition coefficient (Wildman–Crippen LogP) is 3.53. The van der Waals surface area contributed by atoms with E-state index in [1.807, 2.05) is 30.0 Å². The Kier molecular flexibility index (Phi) is 4.29. The number of carbonyl (C=O) groups is 1. The molecule has 0 bridgehead atoms. The molecule has 0 saturated heterocycles. The Hall–Kier alpha value is -2.16. The lowest BCUT2D eigenvalue weighted by Crippen LogP contribution is -2.29. The number of ketones is 1. The van der Waals surface area contributed by atoms with Gasteiger partial charge in [-0.2, -0.15) is 0 Å².